The molecule has 0 unspecified atom stereocenters. The summed E-state index contributed by atoms with van der Waals surface area (Å²) in [6, 6.07) is 10.9. The van der Waals surface area contributed by atoms with E-state index in [0.29, 0.717) is 5.56 Å². The van der Waals surface area contributed by atoms with E-state index in [2.05, 4.69) is 4.98 Å². The van der Waals surface area contributed by atoms with Gasteiger partial charge in [0.25, 0.3) is 0 Å². The standard InChI is InChI=1S/C8H9NO.C6H4F3N/c1-6-4-2-3-5-7(6)8(9)10;7-6(8,9)5-3-1-2-4-10-5/h2-5H,1H3,(H2,9,10);1-4H. The average molecular weight is 282 g/mol. The van der Waals surface area contributed by atoms with Gasteiger partial charge in [0.15, 0.2) is 0 Å². The van der Waals surface area contributed by atoms with Crippen LogP contribution in [0.4, 0.5) is 13.2 Å². The molecule has 2 aromatic rings. The Morgan fingerprint density at radius 1 is 1.10 bits per heavy atom. The van der Waals surface area contributed by atoms with Crippen LogP contribution >= 0.6 is 0 Å². The summed E-state index contributed by atoms with van der Waals surface area (Å²) in [6.45, 7) is 1.86. The normalized spacial score (nSPS) is 10.4. The van der Waals surface area contributed by atoms with E-state index in [1.807, 2.05) is 19.1 Å². The second kappa shape index (κ2) is 6.70. The fraction of sp³-hybridized carbons (Fsp3) is 0.143. The lowest BCUT2D eigenvalue weighted by Gasteiger charge is -2.02. The van der Waals surface area contributed by atoms with E-state index in [1.54, 1.807) is 12.1 Å². The lowest BCUT2D eigenvalue weighted by Crippen LogP contribution is -2.12. The number of hydrogen-bond donors (Lipinski definition) is 1. The maximum absolute atomic E-state index is 11.7. The molecule has 0 fully saturated rings. The third-order valence-electron chi connectivity index (χ3n) is 2.37. The van der Waals surface area contributed by atoms with Gasteiger partial charge in [0, 0.05) is 11.8 Å². The molecule has 0 aliphatic heterocycles. The molecule has 0 saturated heterocycles. The average Bonchev–Trinajstić information content (AvgIpc) is 2.40. The molecule has 6 heteroatoms. The zero-order valence-corrected chi connectivity index (χ0v) is 10.7. The number of nitrogens with zero attached hydrogens (tertiary/aromatic N) is 1. The molecule has 0 atom stereocenters. The fourth-order valence-electron chi connectivity index (χ4n) is 1.38. The van der Waals surface area contributed by atoms with Crippen LogP contribution in [0.2, 0.25) is 0 Å². The molecule has 2 rings (SSSR count). The number of alkyl halides is 3. The number of aromatic nitrogens is 1. The maximum Gasteiger partial charge on any atom is 0.433 e. The molecule has 1 aromatic heterocycles. The Balaban J connectivity index is 0.000000200. The summed E-state index contributed by atoms with van der Waals surface area (Å²) in [7, 11) is 0. The molecule has 0 radical (unpaired) electrons. The summed E-state index contributed by atoms with van der Waals surface area (Å²) in [6.07, 6.45) is -3.20. The van der Waals surface area contributed by atoms with Crippen molar-refractivity contribution >= 4 is 5.91 Å². The van der Waals surface area contributed by atoms with Crippen molar-refractivity contribution < 1.29 is 18.0 Å². The molecule has 0 aliphatic rings. The van der Waals surface area contributed by atoms with Crippen LogP contribution in [-0.4, -0.2) is 10.9 Å². The van der Waals surface area contributed by atoms with Crippen LogP contribution in [-0.2, 0) is 6.18 Å². The van der Waals surface area contributed by atoms with Crippen molar-refractivity contribution in [2.24, 2.45) is 5.73 Å². The SMILES string of the molecule is Cc1ccccc1C(N)=O.FC(F)(F)c1ccccn1. The van der Waals surface area contributed by atoms with Crippen molar-refractivity contribution in [1.82, 2.24) is 4.98 Å². The number of rotatable bonds is 1. The Morgan fingerprint density at radius 3 is 2.05 bits per heavy atom. The zero-order chi connectivity index (χ0) is 15.2. The molecule has 1 heterocycles. The Morgan fingerprint density at radius 2 is 1.70 bits per heavy atom. The smallest absolute Gasteiger partial charge is 0.366 e. The van der Waals surface area contributed by atoms with Crippen molar-refractivity contribution in [2.75, 3.05) is 0 Å². The van der Waals surface area contributed by atoms with E-state index in [4.69, 9.17) is 5.73 Å². The molecule has 1 amide bonds. The minimum Gasteiger partial charge on any atom is -0.366 e. The van der Waals surface area contributed by atoms with Gasteiger partial charge in [-0.1, -0.05) is 24.3 Å². The number of carbonyl (C=O) groups excluding carboxylic acids is 1. The molecule has 106 valence electrons. The van der Waals surface area contributed by atoms with Gasteiger partial charge >= 0.3 is 6.18 Å². The van der Waals surface area contributed by atoms with Crippen molar-refractivity contribution in [2.45, 2.75) is 13.1 Å². The fourth-order valence-corrected chi connectivity index (χ4v) is 1.38. The predicted molar refractivity (Wildman–Crippen MR) is 68.9 cm³/mol. The first-order valence-electron chi connectivity index (χ1n) is 5.66. The summed E-state index contributed by atoms with van der Waals surface area (Å²) >= 11 is 0. The molecule has 1 aromatic carbocycles. The highest BCUT2D eigenvalue weighted by Gasteiger charge is 2.31. The van der Waals surface area contributed by atoms with Crippen LogP contribution < -0.4 is 5.73 Å². The number of primary amides is 1. The highest BCUT2D eigenvalue weighted by atomic mass is 19.4. The van der Waals surface area contributed by atoms with Crippen LogP contribution in [0.3, 0.4) is 0 Å². The van der Waals surface area contributed by atoms with Gasteiger partial charge in [-0.05, 0) is 30.7 Å². The van der Waals surface area contributed by atoms with E-state index >= 15 is 0 Å². The van der Waals surface area contributed by atoms with Crippen LogP contribution in [0, 0.1) is 6.92 Å². The maximum atomic E-state index is 11.7. The van der Waals surface area contributed by atoms with Gasteiger partial charge in [-0.15, -0.1) is 0 Å². The third-order valence-corrected chi connectivity index (χ3v) is 2.37. The number of halogens is 3. The second-order valence-corrected chi connectivity index (χ2v) is 3.89. The van der Waals surface area contributed by atoms with Gasteiger partial charge in [-0.25, -0.2) is 0 Å². The second-order valence-electron chi connectivity index (χ2n) is 3.89. The predicted octanol–water partition coefficient (Wildman–Crippen LogP) is 3.19. The molecule has 0 spiro atoms. The van der Waals surface area contributed by atoms with Crippen LogP contribution in [0.25, 0.3) is 0 Å². The summed E-state index contributed by atoms with van der Waals surface area (Å²) < 4.78 is 35.2. The number of pyridine rings is 1. The number of benzene rings is 1. The molecular formula is C14H13F3N2O. The van der Waals surface area contributed by atoms with E-state index in [-0.39, 0.29) is 5.91 Å². The van der Waals surface area contributed by atoms with E-state index in [1.165, 1.54) is 12.1 Å². The molecule has 3 nitrogen and oxygen atoms in total. The Labute approximate surface area is 114 Å². The van der Waals surface area contributed by atoms with Crippen molar-refractivity contribution in [1.29, 1.82) is 0 Å². The minimum absolute atomic E-state index is 0.363. The topological polar surface area (TPSA) is 56.0 Å². The van der Waals surface area contributed by atoms with Crippen LogP contribution in [0.5, 0.6) is 0 Å². The highest BCUT2D eigenvalue weighted by Crippen LogP contribution is 2.26. The quantitative estimate of drug-likeness (QED) is 0.873. The number of amides is 1. The summed E-state index contributed by atoms with van der Waals surface area (Å²) in [5.41, 5.74) is 5.75. The van der Waals surface area contributed by atoms with Crippen molar-refractivity contribution in [3.63, 3.8) is 0 Å². The Hall–Kier alpha value is -2.37. The summed E-state index contributed by atoms with van der Waals surface area (Å²) in [5.74, 6) is -0.363. The summed E-state index contributed by atoms with van der Waals surface area (Å²) in [4.78, 5) is 13.8. The van der Waals surface area contributed by atoms with Gasteiger partial charge in [-0.2, -0.15) is 13.2 Å². The third kappa shape index (κ3) is 4.72. The van der Waals surface area contributed by atoms with Crippen LogP contribution in [0.15, 0.2) is 48.7 Å². The van der Waals surface area contributed by atoms with Gasteiger partial charge < -0.3 is 5.73 Å². The van der Waals surface area contributed by atoms with Gasteiger partial charge in [-0.3, -0.25) is 9.78 Å². The lowest BCUT2D eigenvalue weighted by molar-refractivity contribution is -0.141. The molecule has 20 heavy (non-hydrogen) atoms. The summed E-state index contributed by atoms with van der Waals surface area (Å²) in [5, 5.41) is 0. The first-order valence-corrected chi connectivity index (χ1v) is 5.66. The van der Waals surface area contributed by atoms with Crippen LogP contribution in [0.1, 0.15) is 21.6 Å². The molecule has 0 aliphatic carbocycles. The number of carbonyl (C=O) groups is 1. The molecule has 2 N–H and O–H groups in total. The monoisotopic (exact) mass is 282 g/mol. The van der Waals surface area contributed by atoms with Gasteiger partial charge in [0.1, 0.15) is 5.69 Å². The highest BCUT2D eigenvalue weighted by molar-refractivity contribution is 5.94. The van der Waals surface area contributed by atoms with Gasteiger partial charge in [0.2, 0.25) is 5.91 Å². The largest absolute Gasteiger partial charge is 0.433 e. The minimum atomic E-state index is -4.32. The first-order chi connectivity index (χ1) is 9.32. The zero-order valence-electron chi connectivity index (χ0n) is 10.7. The number of aryl methyl sites for hydroxylation is 1. The van der Waals surface area contributed by atoms with Crippen molar-refractivity contribution in [3.8, 4) is 0 Å². The first kappa shape index (κ1) is 15.7. The molecular weight excluding hydrogens is 269 g/mol. The van der Waals surface area contributed by atoms with E-state index in [0.717, 1.165) is 17.8 Å². The number of hydrogen-bond acceptors (Lipinski definition) is 2. The van der Waals surface area contributed by atoms with E-state index < -0.39 is 11.9 Å². The lowest BCUT2D eigenvalue weighted by atomic mass is 10.1. The Kier molecular flexibility index (Phi) is 5.25. The number of nitrogens with two attached hydrogens (primary N) is 1. The van der Waals surface area contributed by atoms with E-state index in [9.17, 15) is 18.0 Å². The van der Waals surface area contributed by atoms with Gasteiger partial charge in [0.05, 0.1) is 0 Å². The molecule has 0 bridgehead atoms. The van der Waals surface area contributed by atoms with Crippen molar-refractivity contribution in [3.05, 3.63) is 65.5 Å². The Bertz CT molecular complexity index is 568. The molecule has 0 saturated carbocycles.